The lowest BCUT2D eigenvalue weighted by molar-refractivity contribution is -0.137. The van der Waals surface area contributed by atoms with Crippen LogP contribution in [0, 0.1) is 0 Å². The molecule has 0 atom stereocenters. The third kappa shape index (κ3) is 3.63. The Labute approximate surface area is 104 Å². The number of carbonyl (C=O) groups excluding carboxylic acids is 1. The van der Waals surface area contributed by atoms with Crippen molar-refractivity contribution in [3.05, 3.63) is 29.3 Å². The van der Waals surface area contributed by atoms with E-state index in [2.05, 4.69) is 5.32 Å². The maximum atomic E-state index is 12.5. The zero-order valence-electron chi connectivity index (χ0n) is 8.71. The van der Waals surface area contributed by atoms with Crippen LogP contribution in [-0.2, 0) is 11.0 Å². The van der Waals surface area contributed by atoms with Crippen LogP contribution in [0.25, 0.3) is 0 Å². The van der Waals surface area contributed by atoms with Crippen molar-refractivity contribution in [3.8, 4) is 0 Å². The summed E-state index contributed by atoms with van der Waals surface area (Å²) >= 11 is 5.18. The number of rotatable bonds is 3. The Kier molecular flexibility index (Phi) is 4.18. The van der Waals surface area contributed by atoms with Crippen molar-refractivity contribution in [1.29, 1.82) is 0 Å². The number of carboxylic acids is 1. The SMILES string of the molecule is O=C(CCl)Nc1cc(C(=O)O)cc(C(F)(F)F)c1. The molecule has 0 radical (unpaired) electrons. The summed E-state index contributed by atoms with van der Waals surface area (Å²) in [5.74, 6) is -2.70. The average molecular weight is 282 g/mol. The molecule has 0 saturated heterocycles. The molecule has 2 N–H and O–H groups in total. The van der Waals surface area contributed by atoms with Gasteiger partial charge in [0.05, 0.1) is 11.1 Å². The molecular formula is C10H7ClF3NO3. The van der Waals surface area contributed by atoms with Crippen LogP contribution < -0.4 is 5.32 Å². The largest absolute Gasteiger partial charge is 0.478 e. The van der Waals surface area contributed by atoms with Gasteiger partial charge in [0.1, 0.15) is 5.88 Å². The molecule has 4 nitrogen and oxygen atoms in total. The van der Waals surface area contributed by atoms with Crippen molar-refractivity contribution in [1.82, 2.24) is 0 Å². The third-order valence-electron chi connectivity index (χ3n) is 1.91. The Bertz CT molecular complexity index is 488. The number of carbonyl (C=O) groups is 2. The van der Waals surface area contributed by atoms with E-state index >= 15 is 0 Å². The quantitative estimate of drug-likeness (QED) is 0.837. The van der Waals surface area contributed by atoms with E-state index in [4.69, 9.17) is 16.7 Å². The van der Waals surface area contributed by atoms with Crippen molar-refractivity contribution in [2.45, 2.75) is 6.18 Å². The van der Waals surface area contributed by atoms with E-state index < -0.39 is 35.1 Å². The van der Waals surface area contributed by atoms with E-state index in [1.54, 1.807) is 0 Å². The second-order valence-electron chi connectivity index (χ2n) is 3.28. The van der Waals surface area contributed by atoms with Gasteiger partial charge in [-0.25, -0.2) is 4.79 Å². The summed E-state index contributed by atoms with van der Waals surface area (Å²) in [6, 6.07) is 2.04. The zero-order valence-corrected chi connectivity index (χ0v) is 9.47. The minimum Gasteiger partial charge on any atom is -0.478 e. The molecule has 0 saturated carbocycles. The van der Waals surface area contributed by atoms with Crippen molar-refractivity contribution in [3.63, 3.8) is 0 Å². The normalized spacial score (nSPS) is 11.1. The number of aromatic carboxylic acids is 1. The molecule has 8 heteroatoms. The zero-order chi connectivity index (χ0) is 13.9. The summed E-state index contributed by atoms with van der Waals surface area (Å²) in [6.45, 7) is 0. The fourth-order valence-electron chi connectivity index (χ4n) is 1.18. The summed E-state index contributed by atoms with van der Waals surface area (Å²) in [4.78, 5) is 21.6. The molecule has 0 aliphatic carbocycles. The van der Waals surface area contributed by atoms with Crippen LogP contribution in [-0.4, -0.2) is 22.9 Å². The number of nitrogens with one attached hydrogen (secondary N) is 1. The van der Waals surface area contributed by atoms with Crippen molar-refractivity contribution in [2.24, 2.45) is 0 Å². The van der Waals surface area contributed by atoms with Crippen LogP contribution in [0.15, 0.2) is 18.2 Å². The summed E-state index contributed by atoms with van der Waals surface area (Å²) < 4.78 is 37.5. The summed E-state index contributed by atoms with van der Waals surface area (Å²) in [5, 5.41) is 10.7. The lowest BCUT2D eigenvalue weighted by Gasteiger charge is -2.11. The number of benzene rings is 1. The van der Waals surface area contributed by atoms with Gasteiger partial charge in [-0.15, -0.1) is 11.6 Å². The fourth-order valence-corrected chi connectivity index (χ4v) is 1.25. The first-order valence-electron chi connectivity index (χ1n) is 4.55. The smallest absolute Gasteiger partial charge is 0.416 e. The molecule has 18 heavy (non-hydrogen) atoms. The van der Waals surface area contributed by atoms with Crippen LogP contribution in [0.1, 0.15) is 15.9 Å². The number of anilines is 1. The van der Waals surface area contributed by atoms with Crippen LogP contribution in [0.5, 0.6) is 0 Å². The fraction of sp³-hybridized carbons (Fsp3) is 0.200. The molecule has 0 aliphatic heterocycles. The summed E-state index contributed by atoms with van der Waals surface area (Å²) in [6.07, 6.45) is -4.70. The standard InChI is InChI=1S/C10H7ClF3NO3/c11-4-8(16)15-7-2-5(9(17)18)1-6(3-7)10(12,13)14/h1-3H,4H2,(H,15,16)(H,17,18). The van der Waals surface area contributed by atoms with Gasteiger partial charge < -0.3 is 10.4 Å². The van der Waals surface area contributed by atoms with Gasteiger partial charge >= 0.3 is 12.1 Å². The van der Waals surface area contributed by atoms with E-state index in [0.717, 1.165) is 6.07 Å². The van der Waals surface area contributed by atoms with Crippen LogP contribution in [0.4, 0.5) is 18.9 Å². The Balaban J connectivity index is 3.22. The van der Waals surface area contributed by atoms with Crippen molar-refractivity contribution >= 4 is 29.2 Å². The van der Waals surface area contributed by atoms with Gasteiger partial charge in [0.15, 0.2) is 0 Å². The van der Waals surface area contributed by atoms with E-state index in [-0.39, 0.29) is 5.69 Å². The minimum absolute atomic E-state index is 0.270. The first kappa shape index (κ1) is 14.3. The number of halogens is 4. The van der Waals surface area contributed by atoms with E-state index in [9.17, 15) is 22.8 Å². The Morgan fingerprint density at radius 1 is 1.28 bits per heavy atom. The molecule has 1 amide bonds. The van der Waals surface area contributed by atoms with Gasteiger partial charge in [-0.3, -0.25) is 4.79 Å². The highest BCUT2D eigenvalue weighted by Gasteiger charge is 2.32. The number of carboxylic acid groups (broad SMARTS) is 1. The van der Waals surface area contributed by atoms with Gasteiger partial charge in [-0.1, -0.05) is 0 Å². The van der Waals surface area contributed by atoms with Crippen molar-refractivity contribution in [2.75, 3.05) is 11.2 Å². The summed E-state index contributed by atoms with van der Waals surface area (Å²) in [7, 11) is 0. The molecule has 0 unspecified atom stereocenters. The Morgan fingerprint density at radius 3 is 2.33 bits per heavy atom. The average Bonchev–Trinajstić information content (AvgIpc) is 2.27. The maximum Gasteiger partial charge on any atom is 0.416 e. The van der Waals surface area contributed by atoms with E-state index in [1.165, 1.54) is 0 Å². The van der Waals surface area contributed by atoms with Crippen molar-refractivity contribution < 1.29 is 27.9 Å². The van der Waals surface area contributed by atoms with Gasteiger partial charge in [-0.2, -0.15) is 13.2 Å². The van der Waals surface area contributed by atoms with Crippen LogP contribution in [0.2, 0.25) is 0 Å². The van der Waals surface area contributed by atoms with Crippen LogP contribution in [0.3, 0.4) is 0 Å². The molecule has 0 aliphatic rings. The molecule has 98 valence electrons. The second-order valence-corrected chi connectivity index (χ2v) is 3.55. The van der Waals surface area contributed by atoms with Crippen LogP contribution >= 0.6 is 11.6 Å². The maximum absolute atomic E-state index is 12.5. The van der Waals surface area contributed by atoms with Gasteiger partial charge in [0.25, 0.3) is 0 Å². The summed E-state index contributed by atoms with van der Waals surface area (Å²) in [5.41, 5.74) is -2.00. The van der Waals surface area contributed by atoms with E-state index in [0.29, 0.717) is 12.1 Å². The topological polar surface area (TPSA) is 66.4 Å². The Morgan fingerprint density at radius 2 is 1.89 bits per heavy atom. The lowest BCUT2D eigenvalue weighted by atomic mass is 10.1. The molecule has 0 heterocycles. The number of hydrogen-bond donors (Lipinski definition) is 2. The molecule has 1 aromatic carbocycles. The molecule has 0 spiro atoms. The molecule has 0 fully saturated rings. The van der Waals surface area contributed by atoms with Gasteiger partial charge in [-0.05, 0) is 18.2 Å². The number of hydrogen-bond acceptors (Lipinski definition) is 2. The molecule has 0 bridgehead atoms. The first-order chi connectivity index (χ1) is 8.24. The first-order valence-corrected chi connectivity index (χ1v) is 5.09. The highest BCUT2D eigenvalue weighted by atomic mass is 35.5. The molecule has 0 aromatic heterocycles. The van der Waals surface area contributed by atoms with E-state index in [1.807, 2.05) is 0 Å². The molecule has 1 rings (SSSR count). The lowest BCUT2D eigenvalue weighted by Crippen LogP contribution is -2.15. The monoisotopic (exact) mass is 281 g/mol. The molecule has 1 aromatic rings. The predicted molar refractivity (Wildman–Crippen MR) is 57.8 cm³/mol. The Hall–Kier alpha value is -1.76. The minimum atomic E-state index is -4.70. The second kappa shape index (κ2) is 5.26. The highest BCUT2D eigenvalue weighted by Crippen LogP contribution is 2.32. The highest BCUT2D eigenvalue weighted by molar-refractivity contribution is 6.29. The van der Waals surface area contributed by atoms with Gasteiger partial charge in [0, 0.05) is 5.69 Å². The number of amides is 1. The van der Waals surface area contributed by atoms with Gasteiger partial charge in [0.2, 0.25) is 5.91 Å². The number of alkyl halides is 4. The predicted octanol–water partition coefficient (Wildman–Crippen LogP) is 2.58. The molecular weight excluding hydrogens is 275 g/mol. The third-order valence-corrected chi connectivity index (χ3v) is 2.16.